The molecule has 1 N–H and O–H groups in total. The average Bonchev–Trinajstić information content (AvgIpc) is 2.61. The normalized spacial score (nSPS) is 25.2. The van der Waals surface area contributed by atoms with Crippen LogP contribution in [0.15, 0.2) is 5.38 Å². The highest BCUT2D eigenvalue weighted by molar-refractivity contribution is 7.13. The van der Waals surface area contributed by atoms with Crippen molar-refractivity contribution < 1.29 is 4.74 Å². The van der Waals surface area contributed by atoms with Crippen molar-refractivity contribution in [3.05, 3.63) is 11.1 Å². The van der Waals surface area contributed by atoms with Crippen LogP contribution < -0.4 is 5.32 Å². The molecule has 1 fully saturated rings. The minimum absolute atomic E-state index is 0.208. The number of anilines is 1. The average molecular weight is 212 g/mol. The van der Waals surface area contributed by atoms with E-state index in [0.29, 0.717) is 6.04 Å². The van der Waals surface area contributed by atoms with E-state index in [1.165, 1.54) is 0 Å². The van der Waals surface area contributed by atoms with Crippen LogP contribution in [-0.2, 0) is 4.74 Å². The summed E-state index contributed by atoms with van der Waals surface area (Å²) in [5.74, 6) is 0. The van der Waals surface area contributed by atoms with Crippen LogP contribution in [-0.4, -0.2) is 24.2 Å². The van der Waals surface area contributed by atoms with Crippen LogP contribution >= 0.6 is 11.3 Å². The Morgan fingerprint density at radius 2 is 2.43 bits per heavy atom. The highest BCUT2D eigenvalue weighted by Gasteiger charge is 2.35. The summed E-state index contributed by atoms with van der Waals surface area (Å²) >= 11 is 1.66. The molecule has 3 nitrogen and oxygen atoms in total. The summed E-state index contributed by atoms with van der Waals surface area (Å²) in [5.41, 5.74) is 1.29. The first-order valence-electron chi connectivity index (χ1n) is 4.84. The van der Waals surface area contributed by atoms with E-state index >= 15 is 0 Å². The highest BCUT2D eigenvalue weighted by Crippen LogP contribution is 2.30. The smallest absolute Gasteiger partial charge is 0.183 e. The summed E-state index contributed by atoms with van der Waals surface area (Å²) in [7, 11) is 0. The maximum atomic E-state index is 5.47. The molecule has 0 amide bonds. The van der Waals surface area contributed by atoms with Gasteiger partial charge in [0.25, 0.3) is 0 Å². The second kappa shape index (κ2) is 3.51. The first-order valence-corrected chi connectivity index (χ1v) is 5.72. The van der Waals surface area contributed by atoms with Crippen LogP contribution in [0.2, 0.25) is 0 Å². The summed E-state index contributed by atoms with van der Waals surface area (Å²) < 4.78 is 5.47. The fourth-order valence-corrected chi connectivity index (χ4v) is 2.31. The molecule has 0 saturated carbocycles. The number of nitrogens with one attached hydrogen (secondary N) is 1. The van der Waals surface area contributed by atoms with Crippen LogP contribution in [0.1, 0.15) is 19.5 Å². The summed E-state index contributed by atoms with van der Waals surface area (Å²) in [5, 5.41) is 6.50. The molecule has 0 spiro atoms. The van der Waals surface area contributed by atoms with E-state index in [1.807, 2.05) is 6.92 Å². The Labute approximate surface area is 88.5 Å². The molecule has 1 aliphatic heterocycles. The van der Waals surface area contributed by atoms with Gasteiger partial charge in [0.05, 0.1) is 24.9 Å². The molecule has 0 bridgehead atoms. The number of thiazole rings is 1. The van der Waals surface area contributed by atoms with Gasteiger partial charge in [0.15, 0.2) is 5.13 Å². The monoisotopic (exact) mass is 212 g/mol. The third kappa shape index (κ3) is 1.91. The van der Waals surface area contributed by atoms with Crippen molar-refractivity contribution in [2.45, 2.75) is 26.8 Å². The van der Waals surface area contributed by atoms with Crippen LogP contribution in [0, 0.1) is 12.3 Å². The highest BCUT2D eigenvalue weighted by atomic mass is 32.1. The van der Waals surface area contributed by atoms with Gasteiger partial charge < -0.3 is 10.1 Å². The third-order valence-electron chi connectivity index (χ3n) is 2.62. The summed E-state index contributed by atoms with van der Waals surface area (Å²) in [4.78, 5) is 4.39. The maximum absolute atomic E-state index is 5.47. The Balaban J connectivity index is 2.04. The van der Waals surface area contributed by atoms with Crippen LogP contribution in [0.25, 0.3) is 0 Å². The van der Waals surface area contributed by atoms with Gasteiger partial charge in [-0.05, 0) is 6.92 Å². The van der Waals surface area contributed by atoms with Crippen molar-refractivity contribution >= 4 is 16.5 Å². The molecule has 0 aliphatic carbocycles. The van der Waals surface area contributed by atoms with Gasteiger partial charge in [0, 0.05) is 10.8 Å². The minimum atomic E-state index is 0.208. The second-order valence-electron chi connectivity index (χ2n) is 4.49. The van der Waals surface area contributed by atoms with E-state index in [0.717, 1.165) is 24.0 Å². The molecule has 14 heavy (non-hydrogen) atoms. The molecule has 0 aromatic carbocycles. The van der Waals surface area contributed by atoms with Gasteiger partial charge >= 0.3 is 0 Å². The van der Waals surface area contributed by atoms with Crippen LogP contribution in [0.4, 0.5) is 5.13 Å². The lowest BCUT2D eigenvalue weighted by Gasteiger charge is -2.24. The van der Waals surface area contributed by atoms with Gasteiger partial charge in [0.2, 0.25) is 0 Å². The quantitative estimate of drug-likeness (QED) is 0.816. The zero-order valence-corrected chi connectivity index (χ0v) is 9.65. The second-order valence-corrected chi connectivity index (χ2v) is 5.35. The zero-order valence-electron chi connectivity index (χ0n) is 8.83. The van der Waals surface area contributed by atoms with E-state index < -0.39 is 0 Å². The predicted octanol–water partition coefficient (Wildman–Crippen LogP) is 2.29. The first-order chi connectivity index (χ1) is 6.58. The molecule has 1 saturated heterocycles. The number of hydrogen-bond acceptors (Lipinski definition) is 4. The number of rotatable bonds is 2. The third-order valence-corrected chi connectivity index (χ3v) is 3.51. The maximum Gasteiger partial charge on any atom is 0.183 e. The Hall–Kier alpha value is -0.610. The fourth-order valence-electron chi connectivity index (χ4n) is 1.57. The van der Waals surface area contributed by atoms with Crippen molar-refractivity contribution in [2.24, 2.45) is 5.41 Å². The molecule has 1 aromatic heterocycles. The lowest BCUT2D eigenvalue weighted by molar-refractivity contribution is 0.167. The Kier molecular flexibility index (Phi) is 2.49. The van der Waals surface area contributed by atoms with E-state index in [4.69, 9.17) is 4.74 Å². The molecule has 78 valence electrons. The van der Waals surface area contributed by atoms with Crippen molar-refractivity contribution in [3.63, 3.8) is 0 Å². The van der Waals surface area contributed by atoms with Crippen molar-refractivity contribution in [2.75, 3.05) is 18.5 Å². The zero-order chi connectivity index (χ0) is 10.2. The molecule has 0 radical (unpaired) electrons. The molecule has 1 unspecified atom stereocenters. The number of nitrogens with zero attached hydrogens (tertiary/aromatic N) is 1. The van der Waals surface area contributed by atoms with E-state index in [-0.39, 0.29) is 5.41 Å². The van der Waals surface area contributed by atoms with Gasteiger partial charge in [-0.2, -0.15) is 0 Å². The topological polar surface area (TPSA) is 34.1 Å². The Morgan fingerprint density at radius 3 is 2.93 bits per heavy atom. The molecule has 2 rings (SSSR count). The van der Waals surface area contributed by atoms with Crippen molar-refractivity contribution in [1.29, 1.82) is 0 Å². The van der Waals surface area contributed by atoms with E-state index in [2.05, 4.69) is 29.5 Å². The van der Waals surface area contributed by atoms with Gasteiger partial charge in [-0.3, -0.25) is 0 Å². The number of aryl methyl sites for hydroxylation is 1. The molecule has 2 heterocycles. The Morgan fingerprint density at radius 1 is 1.64 bits per heavy atom. The summed E-state index contributed by atoms with van der Waals surface area (Å²) in [6.45, 7) is 8.06. The van der Waals surface area contributed by atoms with Gasteiger partial charge in [-0.25, -0.2) is 4.98 Å². The van der Waals surface area contributed by atoms with Crippen LogP contribution in [0.3, 0.4) is 0 Å². The Bertz CT molecular complexity index is 322. The largest absolute Gasteiger partial charge is 0.379 e. The summed E-state index contributed by atoms with van der Waals surface area (Å²) in [6.07, 6.45) is 0. The molecule has 1 aliphatic rings. The number of ether oxygens (including phenoxy) is 1. The first kappa shape index (κ1) is 9.93. The molecule has 1 atom stereocenters. The standard InChI is InChI=1S/C10H16N2OS/c1-7-5-14-9(11-7)12-8-4-13-6-10(8,2)3/h5,8H,4,6H2,1-3H3,(H,11,12). The SMILES string of the molecule is Cc1csc(NC2COCC2(C)C)n1. The lowest BCUT2D eigenvalue weighted by atomic mass is 9.88. The number of hydrogen-bond donors (Lipinski definition) is 1. The minimum Gasteiger partial charge on any atom is -0.379 e. The van der Waals surface area contributed by atoms with Gasteiger partial charge in [-0.15, -0.1) is 11.3 Å². The number of aromatic nitrogens is 1. The summed E-state index contributed by atoms with van der Waals surface area (Å²) in [6, 6.07) is 0.382. The van der Waals surface area contributed by atoms with Gasteiger partial charge in [0.1, 0.15) is 0 Å². The van der Waals surface area contributed by atoms with Crippen molar-refractivity contribution in [3.8, 4) is 0 Å². The molecule has 1 aromatic rings. The predicted molar refractivity (Wildman–Crippen MR) is 58.9 cm³/mol. The fraction of sp³-hybridized carbons (Fsp3) is 0.700. The van der Waals surface area contributed by atoms with E-state index in [9.17, 15) is 0 Å². The molecular formula is C10H16N2OS. The molecule has 4 heteroatoms. The lowest BCUT2D eigenvalue weighted by Crippen LogP contribution is -2.34. The van der Waals surface area contributed by atoms with Crippen LogP contribution in [0.5, 0.6) is 0 Å². The van der Waals surface area contributed by atoms with Crippen molar-refractivity contribution in [1.82, 2.24) is 4.98 Å². The van der Waals surface area contributed by atoms with E-state index in [1.54, 1.807) is 11.3 Å². The van der Waals surface area contributed by atoms with Gasteiger partial charge in [-0.1, -0.05) is 13.8 Å². The molecular weight excluding hydrogens is 196 g/mol.